The molecule has 1 aliphatic heterocycles. The molecule has 1 unspecified atom stereocenters. The van der Waals surface area contributed by atoms with E-state index in [4.69, 9.17) is 16.3 Å². The molecule has 0 saturated carbocycles. The number of carbonyl (C=O) groups excluding carboxylic acids is 1. The largest absolute Gasteiger partial charge is 0.444 e. The number of amides is 1. The molecule has 0 aromatic heterocycles. The zero-order valence-corrected chi connectivity index (χ0v) is 16.7. The number of nitrogens with zero attached hydrogens (tertiary/aromatic N) is 2. The van der Waals surface area contributed by atoms with E-state index < -0.39 is 5.60 Å². The average Bonchev–Trinajstić information content (AvgIpc) is 2.53. The molecule has 1 heterocycles. The molecule has 1 aromatic rings. The molecule has 4 nitrogen and oxygen atoms in total. The molecule has 0 spiro atoms. The molecule has 140 valence electrons. The van der Waals surface area contributed by atoms with Gasteiger partial charge in [-0.25, -0.2) is 4.79 Å². The highest BCUT2D eigenvalue weighted by Gasteiger charge is 2.25. The van der Waals surface area contributed by atoms with Crippen LogP contribution in [0.2, 0.25) is 5.02 Å². The van der Waals surface area contributed by atoms with Crippen LogP contribution in [0.3, 0.4) is 0 Å². The number of rotatable bonds is 5. The molecule has 0 bridgehead atoms. The van der Waals surface area contributed by atoms with Gasteiger partial charge in [-0.1, -0.05) is 29.8 Å². The predicted molar refractivity (Wildman–Crippen MR) is 103 cm³/mol. The number of carbonyl (C=O) groups is 1. The van der Waals surface area contributed by atoms with E-state index in [1.807, 2.05) is 46.0 Å². The van der Waals surface area contributed by atoms with Crippen molar-refractivity contribution < 1.29 is 9.53 Å². The summed E-state index contributed by atoms with van der Waals surface area (Å²) in [4.78, 5) is 16.3. The zero-order chi connectivity index (χ0) is 18.4. The summed E-state index contributed by atoms with van der Waals surface area (Å²) in [6, 6.07) is 8.05. The maximum Gasteiger partial charge on any atom is 0.410 e. The van der Waals surface area contributed by atoms with E-state index >= 15 is 0 Å². The van der Waals surface area contributed by atoms with Gasteiger partial charge in [0.15, 0.2) is 0 Å². The van der Waals surface area contributed by atoms with Crippen LogP contribution in [0.5, 0.6) is 0 Å². The monoisotopic (exact) mass is 366 g/mol. The van der Waals surface area contributed by atoms with Crippen molar-refractivity contribution in [2.24, 2.45) is 5.92 Å². The minimum Gasteiger partial charge on any atom is -0.444 e. The Morgan fingerprint density at radius 1 is 1.36 bits per heavy atom. The molecule has 2 rings (SSSR count). The molecule has 1 aromatic carbocycles. The summed E-state index contributed by atoms with van der Waals surface area (Å²) < 4.78 is 5.45. The van der Waals surface area contributed by atoms with Crippen molar-refractivity contribution >= 4 is 17.7 Å². The second-order valence-corrected chi connectivity index (χ2v) is 8.42. The third kappa shape index (κ3) is 6.87. The highest BCUT2D eigenvalue weighted by molar-refractivity contribution is 6.31. The Labute approximate surface area is 157 Å². The Balaban J connectivity index is 1.80. The Bertz CT molecular complexity index is 571. The van der Waals surface area contributed by atoms with Crippen molar-refractivity contribution in [3.8, 4) is 0 Å². The number of hydrogen-bond donors (Lipinski definition) is 0. The van der Waals surface area contributed by atoms with E-state index in [2.05, 4.69) is 11.0 Å². The molecule has 1 amide bonds. The van der Waals surface area contributed by atoms with Crippen molar-refractivity contribution in [2.45, 2.75) is 45.6 Å². The van der Waals surface area contributed by atoms with Gasteiger partial charge < -0.3 is 14.5 Å². The topological polar surface area (TPSA) is 32.8 Å². The van der Waals surface area contributed by atoms with Gasteiger partial charge in [0.05, 0.1) is 0 Å². The number of halogens is 1. The average molecular weight is 367 g/mol. The lowest BCUT2D eigenvalue weighted by molar-refractivity contribution is 0.0244. The van der Waals surface area contributed by atoms with E-state index in [9.17, 15) is 4.79 Å². The van der Waals surface area contributed by atoms with Gasteiger partial charge in [-0.3, -0.25) is 0 Å². The second kappa shape index (κ2) is 8.91. The standard InChI is InChI=1S/C20H31ClN2O2/c1-20(2,3)25-19(24)22(4)14-16-8-7-12-23(15-16)13-11-17-9-5-6-10-18(17)21/h5-6,9-10,16H,7-8,11-15H2,1-4H3. The molecular formula is C20H31ClN2O2. The maximum atomic E-state index is 12.1. The minimum absolute atomic E-state index is 0.235. The molecule has 1 aliphatic rings. The van der Waals surface area contributed by atoms with Crippen molar-refractivity contribution in [1.29, 1.82) is 0 Å². The maximum absolute atomic E-state index is 12.1. The molecule has 1 atom stereocenters. The number of hydrogen-bond acceptors (Lipinski definition) is 3. The molecular weight excluding hydrogens is 336 g/mol. The van der Waals surface area contributed by atoms with Crippen LogP contribution in [0.1, 0.15) is 39.2 Å². The van der Waals surface area contributed by atoms with Crippen molar-refractivity contribution in [3.05, 3.63) is 34.9 Å². The third-order valence-electron chi connectivity index (χ3n) is 4.50. The fourth-order valence-corrected chi connectivity index (χ4v) is 3.52. The molecule has 25 heavy (non-hydrogen) atoms. The molecule has 1 fully saturated rings. The number of ether oxygens (including phenoxy) is 1. The summed E-state index contributed by atoms with van der Waals surface area (Å²) in [6.45, 7) is 9.60. The highest BCUT2D eigenvalue weighted by Crippen LogP contribution is 2.20. The van der Waals surface area contributed by atoms with E-state index in [0.29, 0.717) is 5.92 Å². The summed E-state index contributed by atoms with van der Waals surface area (Å²) >= 11 is 6.25. The van der Waals surface area contributed by atoms with Crippen LogP contribution in [0, 0.1) is 5.92 Å². The molecule has 0 aliphatic carbocycles. The van der Waals surface area contributed by atoms with Crippen LogP contribution in [-0.4, -0.2) is 54.7 Å². The normalized spacial score (nSPS) is 18.8. The Morgan fingerprint density at radius 3 is 2.76 bits per heavy atom. The summed E-state index contributed by atoms with van der Waals surface area (Å²) in [5, 5.41) is 0.848. The van der Waals surface area contributed by atoms with Gasteiger partial charge in [-0.15, -0.1) is 0 Å². The zero-order valence-electron chi connectivity index (χ0n) is 15.9. The highest BCUT2D eigenvalue weighted by atomic mass is 35.5. The SMILES string of the molecule is CN(CC1CCCN(CCc2ccccc2Cl)C1)C(=O)OC(C)(C)C. The Morgan fingerprint density at radius 2 is 2.08 bits per heavy atom. The quantitative estimate of drug-likeness (QED) is 0.771. The third-order valence-corrected chi connectivity index (χ3v) is 4.86. The van der Waals surface area contributed by atoms with Gasteiger partial charge in [-0.2, -0.15) is 0 Å². The van der Waals surface area contributed by atoms with Gasteiger partial charge in [0.1, 0.15) is 5.60 Å². The minimum atomic E-state index is -0.446. The second-order valence-electron chi connectivity index (χ2n) is 8.01. The first-order valence-electron chi connectivity index (χ1n) is 9.14. The first-order valence-corrected chi connectivity index (χ1v) is 9.52. The lowest BCUT2D eigenvalue weighted by Gasteiger charge is -2.35. The predicted octanol–water partition coefficient (Wildman–Crippen LogP) is 4.46. The number of likely N-dealkylation sites (tertiary alicyclic amines) is 1. The van der Waals surface area contributed by atoms with Crippen LogP contribution >= 0.6 is 11.6 Å². The van der Waals surface area contributed by atoms with Crippen LogP contribution in [0.25, 0.3) is 0 Å². The lowest BCUT2D eigenvalue weighted by atomic mass is 9.97. The first-order chi connectivity index (χ1) is 11.7. The Kier molecular flexibility index (Phi) is 7.14. The van der Waals surface area contributed by atoms with Gasteiger partial charge in [0.2, 0.25) is 0 Å². The summed E-state index contributed by atoms with van der Waals surface area (Å²) in [6.07, 6.45) is 3.07. The van der Waals surface area contributed by atoms with Gasteiger partial charge in [-0.05, 0) is 64.1 Å². The first kappa shape index (κ1) is 20.1. The molecule has 0 N–H and O–H groups in total. The summed E-state index contributed by atoms with van der Waals surface area (Å²) in [5.74, 6) is 0.498. The molecule has 0 radical (unpaired) electrons. The van der Waals surface area contributed by atoms with E-state index in [1.165, 1.54) is 12.0 Å². The number of benzene rings is 1. The van der Waals surface area contributed by atoms with Gasteiger partial charge in [0, 0.05) is 31.7 Å². The van der Waals surface area contributed by atoms with E-state index in [1.54, 1.807) is 4.90 Å². The fraction of sp³-hybridized carbons (Fsp3) is 0.650. The smallest absolute Gasteiger partial charge is 0.410 e. The number of piperidine rings is 1. The van der Waals surface area contributed by atoms with E-state index in [-0.39, 0.29) is 6.09 Å². The van der Waals surface area contributed by atoms with Crippen molar-refractivity contribution in [3.63, 3.8) is 0 Å². The van der Waals surface area contributed by atoms with Crippen LogP contribution in [0.4, 0.5) is 4.79 Å². The van der Waals surface area contributed by atoms with Crippen LogP contribution < -0.4 is 0 Å². The van der Waals surface area contributed by atoms with Crippen molar-refractivity contribution in [1.82, 2.24) is 9.80 Å². The summed E-state index contributed by atoms with van der Waals surface area (Å²) in [5.41, 5.74) is 0.760. The Hall–Kier alpha value is -1.26. The fourth-order valence-electron chi connectivity index (χ4n) is 3.28. The van der Waals surface area contributed by atoms with Crippen molar-refractivity contribution in [2.75, 3.05) is 33.2 Å². The molecule has 1 saturated heterocycles. The van der Waals surface area contributed by atoms with Gasteiger partial charge >= 0.3 is 6.09 Å². The molecule has 5 heteroatoms. The van der Waals surface area contributed by atoms with E-state index in [0.717, 1.165) is 44.0 Å². The van der Waals surface area contributed by atoms with Crippen LogP contribution in [0.15, 0.2) is 24.3 Å². The van der Waals surface area contributed by atoms with Crippen LogP contribution in [-0.2, 0) is 11.2 Å². The summed E-state index contributed by atoms with van der Waals surface area (Å²) in [7, 11) is 1.83. The van der Waals surface area contributed by atoms with Gasteiger partial charge in [0.25, 0.3) is 0 Å². The lowest BCUT2D eigenvalue weighted by Crippen LogP contribution is -2.43.